The van der Waals surface area contributed by atoms with Crippen LogP contribution >= 0.6 is 0 Å². The number of furan rings is 2. The van der Waals surface area contributed by atoms with Crippen molar-refractivity contribution in [2.24, 2.45) is 0 Å². The Hall–Kier alpha value is -4.73. The van der Waals surface area contributed by atoms with Crippen LogP contribution in [0.1, 0.15) is 38.3 Å². The molecular weight excluding hydrogens is 484 g/mol. The summed E-state index contributed by atoms with van der Waals surface area (Å²) in [5, 5.41) is 17.1. The molecule has 5 rings (SSSR count). The molecule has 194 valence electrons. The third-order valence-corrected chi connectivity index (χ3v) is 5.80. The monoisotopic (exact) mass is 512 g/mol. The molecule has 0 aliphatic heterocycles. The van der Waals surface area contributed by atoms with Crippen molar-refractivity contribution < 1.29 is 18.4 Å². The summed E-state index contributed by atoms with van der Waals surface area (Å²) >= 11 is 0. The van der Waals surface area contributed by atoms with Gasteiger partial charge in [0, 0.05) is 10.9 Å². The molecule has 0 aliphatic carbocycles. The fourth-order valence-electron chi connectivity index (χ4n) is 4.26. The van der Waals surface area contributed by atoms with Crippen molar-refractivity contribution in [3.63, 3.8) is 0 Å². The highest BCUT2D eigenvalue weighted by Gasteiger charge is 2.37. The van der Waals surface area contributed by atoms with E-state index in [1.165, 1.54) is 16.0 Å². The van der Waals surface area contributed by atoms with Crippen molar-refractivity contribution in [3.8, 4) is 11.6 Å². The molecular formula is C28H28N6O4. The molecule has 10 heteroatoms. The van der Waals surface area contributed by atoms with E-state index >= 15 is 0 Å². The Labute approximate surface area is 219 Å². The SMILES string of the molecule is Cc1ccc(-c2nnn(CC(=O)N(c3cccc4ccccc34)[C@@H](C(=O)NC(C)(C)C)c3ccco3)n2)o1. The van der Waals surface area contributed by atoms with Crippen molar-refractivity contribution in [1.82, 2.24) is 25.5 Å². The largest absolute Gasteiger partial charge is 0.467 e. The summed E-state index contributed by atoms with van der Waals surface area (Å²) in [6, 6.07) is 19.1. The number of aryl methyl sites for hydroxylation is 1. The highest BCUT2D eigenvalue weighted by Crippen LogP contribution is 2.34. The number of carbonyl (C=O) groups excluding carboxylic acids is 2. The van der Waals surface area contributed by atoms with Crippen LogP contribution in [0.2, 0.25) is 0 Å². The number of carbonyl (C=O) groups is 2. The molecule has 2 amide bonds. The molecule has 0 unspecified atom stereocenters. The Morgan fingerprint density at radius 2 is 1.82 bits per heavy atom. The van der Waals surface area contributed by atoms with Gasteiger partial charge >= 0.3 is 0 Å². The molecule has 0 radical (unpaired) electrons. The Morgan fingerprint density at radius 1 is 1.03 bits per heavy atom. The predicted octanol–water partition coefficient (Wildman–Crippen LogP) is 4.68. The van der Waals surface area contributed by atoms with Gasteiger partial charge in [-0.1, -0.05) is 36.4 Å². The van der Waals surface area contributed by atoms with Gasteiger partial charge < -0.3 is 14.2 Å². The molecule has 3 aromatic heterocycles. The maximum atomic E-state index is 14.1. The molecule has 0 saturated heterocycles. The molecule has 5 aromatic rings. The fraction of sp³-hybridized carbons (Fsp3) is 0.250. The average Bonchev–Trinajstić information content (AvgIpc) is 3.63. The summed E-state index contributed by atoms with van der Waals surface area (Å²) in [5.74, 6) is 0.936. The zero-order valence-electron chi connectivity index (χ0n) is 21.6. The first-order valence-electron chi connectivity index (χ1n) is 12.2. The highest BCUT2D eigenvalue weighted by molar-refractivity contribution is 6.07. The number of hydrogen-bond acceptors (Lipinski definition) is 7. The topological polar surface area (TPSA) is 119 Å². The van der Waals surface area contributed by atoms with Gasteiger partial charge in [-0.15, -0.1) is 10.2 Å². The van der Waals surface area contributed by atoms with Crippen LogP contribution in [0.4, 0.5) is 5.69 Å². The maximum Gasteiger partial charge on any atom is 0.251 e. The first-order valence-corrected chi connectivity index (χ1v) is 12.2. The highest BCUT2D eigenvalue weighted by atomic mass is 16.3. The van der Waals surface area contributed by atoms with Gasteiger partial charge in [0.1, 0.15) is 18.1 Å². The Kier molecular flexibility index (Phi) is 6.54. The number of aromatic nitrogens is 4. The van der Waals surface area contributed by atoms with E-state index in [4.69, 9.17) is 8.83 Å². The molecule has 10 nitrogen and oxygen atoms in total. The summed E-state index contributed by atoms with van der Waals surface area (Å²) in [5.41, 5.74) is 0.0133. The van der Waals surface area contributed by atoms with Crippen molar-refractivity contribution in [3.05, 3.63) is 84.5 Å². The van der Waals surface area contributed by atoms with Gasteiger partial charge in [0.25, 0.3) is 11.8 Å². The van der Waals surface area contributed by atoms with E-state index in [0.29, 0.717) is 23.0 Å². The van der Waals surface area contributed by atoms with Crippen LogP contribution in [-0.2, 0) is 16.1 Å². The van der Waals surface area contributed by atoms with Gasteiger partial charge in [-0.2, -0.15) is 4.80 Å². The summed E-state index contributed by atoms with van der Waals surface area (Å²) < 4.78 is 11.3. The van der Waals surface area contributed by atoms with Gasteiger partial charge in [-0.3, -0.25) is 14.5 Å². The maximum absolute atomic E-state index is 14.1. The van der Waals surface area contributed by atoms with Gasteiger partial charge in [0.05, 0.1) is 12.0 Å². The summed E-state index contributed by atoms with van der Waals surface area (Å²) in [4.78, 5) is 30.4. The third kappa shape index (κ3) is 5.19. The zero-order chi connectivity index (χ0) is 26.9. The van der Waals surface area contributed by atoms with Gasteiger partial charge in [0.2, 0.25) is 5.82 Å². The third-order valence-electron chi connectivity index (χ3n) is 5.80. The standard InChI is InChI=1S/C28H28N6O4/c1-18-14-15-23(38-18)26-30-32-33(31-26)17-24(35)34(21-12-7-10-19-9-5-6-11-20(19)21)25(22-13-8-16-37-22)27(36)29-28(2,3)4/h5-16,25H,17H2,1-4H3,(H,29,36)/t25-/m1/s1. The molecule has 0 aliphatic rings. The lowest BCUT2D eigenvalue weighted by Gasteiger charge is -2.33. The number of amides is 2. The number of fused-ring (bicyclic) bond motifs is 1. The van der Waals surface area contributed by atoms with E-state index in [2.05, 4.69) is 20.7 Å². The minimum atomic E-state index is -1.08. The normalized spacial score (nSPS) is 12.4. The number of benzene rings is 2. The van der Waals surface area contributed by atoms with Crippen LogP contribution in [0.15, 0.2) is 81.8 Å². The van der Waals surface area contributed by atoms with E-state index in [1.54, 1.807) is 24.3 Å². The van der Waals surface area contributed by atoms with Gasteiger partial charge in [0.15, 0.2) is 11.8 Å². The van der Waals surface area contributed by atoms with Crippen molar-refractivity contribution >= 4 is 28.3 Å². The second-order valence-corrected chi connectivity index (χ2v) is 9.97. The van der Waals surface area contributed by atoms with Crippen molar-refractivity contribution in [2.75, 3.05) is 4.90 Å². The van der Waals surface area contributed by atoms with E-state index in [0.717, 1.165) is 10.8 Å². The summed E-state index contributed by atoms with van der Waals surface area (Å²) in [6.45, 7) is 7.19. The van der Waals surface area contributed by atoms with E-state index in [1.807, 2.05) is 70.2 Å². The molecule has 0 spiro atoms. The molecule has 38 heavy (non-hydrogen) atoms. The first kappa shape index (κ1) is 24.9. The Balaban J connectivity index is 1.59. The van der Waals surface area contributed by atoms with Crippen LogP contribution in [-0.4, -0.2) is 37.6 Å². The number of rotatable bonds is 7. The molecule has 2 aromatic carbocycles. The van der Waals surface area contributed by atoms with E-state index in [-0.39, 0.29) is 18.3 Å². The lowest BCUT2D eigenvalue weighted by molar-refractivity contribution is -0.128. The van der Waals surface area contributed by atoms with E-state index < -0.39 is 17.5 Å². The predicted molar refractivity (Wildman–Crippen MR) is 141 cm³/mol. The lowest BCUT2D eigenvalue weighted by Crippen LogP contribution is -2.50. The molecule has 3 heterocycles. The minimum absolute atomic E-state index is 0.260. The molecule has 0 bridgehead atoms. The van der Waals surface area contributed by atoms with Crippen LogP contribution < -0.4 is 10.2 Å². The zero-order valence-corrected chi connectivity index (χ0v) is 21.6. The molecule has 0 fully saturated rings. The lowest BCUT2D eigenvalue weighted by atomic mass is 10.0. The summed E-state index contributed by atoms with van der Waals surface area (Å²) in [6.07, 6.45) is 1.48. The Bertz CT molecular complexity index is 1570. The van der Waals surface area contributed by atoms with Crippen LogP contribution in [0.3, 0.4) is 0 Å². The van der Waals surface area contributed by atoms with Crippen molar-refractivity contribution in [2.45, 2.75) is 45.8 Å². The number of nitrogens with one attached hydrogen (secondary N) is 1. The quantitative estimate of drug-likeness (QED) is 0.336. The van der Waals surface area contributed by atoms with Crippen molar-refractivity contribution in [1.29, 1.82) is 0 Å². The van der Waals surface area contributed by atoms with Crippen LogP contribution in [0.5, 0.6) is 0 Å². The summed E-state index contributed by atoms with van der Waals surface area (Å²) in [7, 11) is 0. The molecule has 1 atom stereocenters. The van der Waals surface area contributed by atoms with Gasteiger partial charge in [-0.25, -0.2) is 0 Å². The fourth-order valence-corrected chi connectivity index (χ4v) is 4.26. The Morgan fingerprint density at radius 3 is 2.53 bits per heavy atom. The number of anilines is 1. The first-order chi connectivity index (χ1) is 18.2. The van der Waals surface area contributed by atoms with Gasteiger partial charge in [-0.05, 0) is 68.6 Å². The van der Waals surface area contributed by atoms with Crippen LogP contribution in [0, 0.1) is 6.92 Å². The average molecular weight is 513 g/mol. The second-order valence-electron chi connectivity index (χ2n) is 9.97. The molecule has 0 saturated carbocycles. The van der Waals surface area contributed by atoms with Crippen LogP contribution in [0.25, 0.3) is 22.4 Å². The van der Waals surface area contributed by atoms with E-state index in [9.17, 15) is 9.59 Å². The second kappa shape index (κ2) is 9.97. The number of tetrazole rings is 1. The molecule has 1 N–H and O–H groups in total. The smallest absolute Gasteiger partial charge is 0.251 e. The number of nitrogens with zero attached hydrogens (tertiary/aromatic N) is 5. The minimum Gasteiger partial charge on any atom is -0.467 e. The number of hydrogen-bond donors (Lipinski definition) is 1.